The van der Waals surface area contributed by atoms with Crippen LogP contribution in [0.5, 0.6) is 5.75 Å². The van der Waals surface area contributed by atoms with Gasteiger partial charge in [0.05, 0.1) is 23.9 Å². The average molecular weight is 397 g/mol. The molecule has 28 heavy (non-hydrogen) atoms. The number of nitrogens with one attached hydrogen (secondary N) is 2. The quantitative estimate of drug-likeness (QED) is 0.588. The van der Waals surface area contributed by atoms with Crippen LogP contribution in [0.4, 0.5) is 17.2 Å². The molecule has 0 spiro atoms. The van der Waals surface area contributed by atoms with Crippen molar-refractivity contribution >= 4 is 33.0 Å². The maximum absolute atomic E-state index is 12.4. The number of methoxy groups -OCH3 is 1. The first-order chi connectivity index (χ1) is 13.4. The second-order valence-corrected chi connectivity index (χ2v) is 7.66. The molecule has 3 rings (SSSR count). The zero-order chi connectivity index (χ0) is 20.1. The van der Waals surface area contributed by atoms with E-state index in [9.17, 15) is 13.2 Å². The van der Waals surface area contributed by atoms with E-state index in [1.807, 2.05) is 6.07 Å². The normalized spacial score (nSPS) is 10.9. The number of hydrogen-bond acceptors (Lipinski definition) is 6. The fraction of sp³-hybridized carbons (Fsp3) is 0.100. The van der Waals surface area contributed by atoms with Crippen LogP contribution in [0.1, 0.15) is 17.3 Å². The summed E-state index contributed by atoms with van der Waals surface area (Å²) < 4.78 is 32.3. The third kappa shape index (κ3) is 4.66. The number of ether oxygens (including phenoxy) is 1. The molecule has 2 aromatic carbocycles. The molecule has 0 fully saturated rings. The number of pyridine rings is 1. The summed E-state index contributed by atoms with van der Waals surface area (Å²) in [7, 11) is -2.24. The predicted molar refractivity (Wildman–Crippen MR) is 108 cm³/mol. The zero-order valence-electron chi connectivity index (χ0n) is 15.3. The van der Waals surface area contributed by atoms with E-state index in [4.69, 9.17) is 4.74 Å². The largest absolute Gasteiger partial charge is 0.497 e. The monoisotopic (exact) mass is 397 g/mol. The highest BCUT2D eigenvalue weighted by atomic mass is 32.2. The molecular weight excluding hydrogens is 378 g/mol. The van der Waals surface area contributed by atoms with E-state index in [1.165, 1.54) is 32.4 Å². The van der Waals surface area contributed by atoms with Crippen molar-refractivity contribution < 1.29 is 17.9 Å². The van der Waals surface area contributed by atoms with E-state index in [2.05, 4.69) is 15.0 Å². The van der Waals surface area contributed by atoms with E-state index in [-0.39, 0.29) is 16.5 Å². The molecule has 0 aliphatic rings. The third-order valence-electron chi connectivity index (χ3n) is 3.93. The first kappa shape index (κ1) is 19.4. The van der Waals surface area contributed by atoms with Gasteiger partial charge < -0.3 is 10.1 Å². The Hall–Kier alpha value is -3.39. The highest BCUT2D eigenvalue weighted by Crippen LogP contribution is 2.21. The molecule has 8 heteroatoms. The number of carbonyl (C=O) groups excluding carboxylic acids is 1. The number of carbonyl (C=O) groups is 1. The molecule has 0 unspecified atom stereocenters. The lowest BCUT2D eigenvalue weighted by atomic mass is 10.1. The van der Waals surface area contributed by atoms with Gasteiger partial charge >= 0.3 is 0 Å². The van der Waals surface area contributed by atoms with Crippen molar-refractivity contribution in [2.24, 2.45) is 0 Å². The van der Waals surface area contributed by atoms with Crippen LogP contribution in [0.25, 0.3) is 0 Å². The molecule has 0 aliphatic heterocycles. The number of hydrogen-bond donors (Lipinski definition) is 2. The van der Waals surface area contributed by atoms with Gasteiger partial charge in [-0.25, -0.2) is 13.4 Å². The Morgan fingerprint density at radius 2 is 1.75 bits per heavy atom. The van der Waals surface area contributed by atoms with Gasteiger partial charge in [0.2, 0.25) is 0 Å². The second kappa shape index (κ2) is 8.10. The van der Waals surface area contributed by atoms with Gasteiger partial charge in [0.15, 0.2) is 5.78 Å². The van der Waals surface area contributed by atoms with E-state index in [0.717, 1.165) is 5.69 Å². The number of benzene rings is 2. The number of Topliss-reactive ketones (excluding diaryl/α,β-unsaturated/α-hetero) is 1. The molecule has 0 aliphatic carbocycles. The minimum absolute atomic E-state index is 0.0231. The fourth-order valence-corrected chi connectivity index (χ4v) is 3.47. The maximum atomic E-state index is 12.4. The fourth-order valence-electron chi connectivity index (χ4n) is 2.46. The van der Waals surface area contributed by atoms with Crippen molar-refractivity contribution in [1.29, 1.82) is 0 Å². The number of anilines is 3. The molecule has 0 atom stereocenters. The van der Waals surface area contributed by atoms with Crippen LogP contribution in [-0.2, 0) is 10.0 Å². The maximum Gasteiger partial charge on any atom is 0.263 e. The lowest BCUT2D eigenvalue weighted by Gasteiger charge is -2.10. The summed E-state index contributed by atoms with van der Waals surface area (Å²) in [6.45, 7) is 1.50. The van der Waals surface area contributed by atoms with Crippen LogP contribution in [0.3, 0.4) is 0 Å². The lowest BCUT2D eigenvalue weighted by molar-refractivity contribution is 0.101. The summed E-state index contributed by atoms with van der Waals surface area (Å²) >= 11 is 0. The molecule has 0 saturated carbocycles. The molecule has 144 valence electrons. The van der Waals surface area contributed by atoms with Crippen LogP contribution in [0.2, 0.25) is 0 Å². The minimum Gasteiger partial charge on any atom is -0.497 e. The molecule has 7 nitrogen and oxygen atoms in total. The van der Waals surface area contributed by atoms with Crippen molar-refractivity contribution in [3.05, 3.63) is 72.4 Å². The molecule has 3 aromatic rings. The van der Waals surface area contributed by atoms with Gasteiger partial charge in [0.25, 0.3) is 10.0 Å². The smallest absolute Gasteiger partial charge is 0.263 e. The van der Waals surface area contributed by atoms with Gasteiger partial charge in [-0.2, -0.15) is 0 Å². The van der Waals surface area contributed by atoms with Crippen molar-refractivity contribution in [3.8, 4) is 5.75 Å². The molecule has 0 saturated heterocycles. The number of aromatic nitrogens is 1. The van der Waals surface area contributed by atoms with Gasteiger partial charge in [-0.1, -0.05) is 12.1 Å². The summed E-state index contributed by atoms with van der Waals surface area (Å²) in [5, 5.41) is 3.13. The number of rotatable bonds is 7. The Morgan fingerprint density at radius 1 is 1.00 bits per heavy atom. The Bertz CT molecular complexity index is 1080. The Balaban J connectivity index is 1.71. The molecule has 2 N–H and O–H groups in total. The summed E-state index contributed by atoms with van der Waals surface area (Å²) in [5.74, 6) is 0.741. The number of ketones is 1. The van der Waals surface area contributed by atoms with Crippen molar-refractivity contribution in [1.82, 2.24) is 4.98 Å². The Labute approximate surface area is 163 Å². The zero-order valence-corrected chi connectivity index (χ0v) is 16.2. The molecule has 0 bridgehead atoms. The highest BCUT2D eigenvalue weighted by molar-refractivity contribution is 7.92. The molecule has 0 radical (unpaired) electrons. The molecule has 1 aromatic heterocycles. The van der Waals surface area contributed by atoms with Gasteiger partial charge in [0, 0.05) is 11.3 Å². The highest BCUT2D eigenvalue weighted by Gasteiger charge is 2.14. The van der Waals surface area contributed by atoms with E-state index in [0.29, 0.717) is 17.0 Å². The van der Waals surface area contributed by atoms with Crippen molar-refractivity contribution in [2.75, 3.05) is 17.1 Å². The first-order valence-electron chi connectivity index (χ1n) is 8.38. The van der Waals surface area contributed by atoms with Gasteiger partial charge in [0.1, 0.15) is 11.6 Å². The van der Waals surface area contributed by atoms with Crippen molar-refractivity contribution in [3.63, 3.8) is 0 Å². The molecule has 1 heterocycles. The number of nitrogens with zero attached hydrogens (tertiary/aromatic N) is 1. The average Bonchev–Trinajstić information content (AvgIpc) is 2.69. The lowest BCUT2D eigenvalue weighted by Crippen LogP contribution is -2.13. The van der Waals surface area contributed by atoms with E-state index in [1.54, 1.807) is 42.5 Å². The Kier molecular flexibility index (Phi) is 5.60. The SMILES string of the molecule is COc1ccc(S(=O)(=O)Nc2ccc(Nc3cccc(C(C)=O)c3)cn2)cc1. The van der Waals surface area contributed by atoms with Crippen LogP contribution < -0.4 is 14.8 Å². The standard InChI is InChI=1S/C20H19N3O4S/c1-14(24)15-4-3-5-16(12-15)22-17-6-11-20(21-13-17)23-28(25,26)19-9-7-18(27-2)8-10-19/h3-13,22H,1-2H3,(H,21,23). The van der Waals surface area contributed by atoms with Crippen LogP contribution in [-0.4, -0.2) is 26.3 Å². The van der Waals surface area contributed by atoms with Crippen LogP contribution >= 0.6 is 0 Å². The van der Waals surface area contributed by atoms with E-state index >= 15 is 0 Å². The van der Waals surface area contributed by atoms with E-state index < -0.39 is 10.0 Å². The minimum atomic E-state index is -3.75. The third-order valence-corrected chi connectivity index (χ3v) is 5.30. The van der Waals surface area contributed by atoms with Gasteiger partial charge in [-0.15, -0.1) is 0 Å². The predicted octanol–water partition coefficient (Wildman–Crippen LogP) is 3.84. The van der Waals surface area contributed by atoms with Gasteiger partial charge in [-0.3, -0.25) is 9.52 Å². The van der Waals surface area contributed by atoms with Crippen LogP contribution in [0, 0.1) is 0 Å². The Morgan fingerprint density at radius 3 is 2.36 bits per heavy atom. The second-order valence-electron chi connectivity index (χ2n) is 5.98. The van der Waals surface area contributed by atoms with Crippen LogP contribution in [0.15, 0.2) is 71.8 Å². The summed E-state index contributed by atoms with van der Waals surface area (Å²) in [6.07, 6.45) is 1.51. The summed E-state index contributed by atoms with van der Waals surface area (Å²) in [6, 6.07) is 16.4. The molecule has 0 amide bonds. The summed E-state index contributed by atoms with van der Waals surface area (Å²) in [4.78, 5) is 15.7. The molecular formula is C20H19N3O4S. The van der Waals surface area contributed by atoms with Gasteiger partial charge in [-0.05, 0) is 55.5 Å². The summed E-state index contributed by atoms with van der Waals surface area (Å²) in [5.41, 5.74) is 2.00. The van der Waals surface area contributed by atoms with Crippen molar-refractivity contribution in [2.45, 2.75) is 11.8 Å². The first-order valence-corrected chi connectivity index (χ1v) is 9.87. The topological polar surface area (TPSA) is 97.4 Å². The number of sulfonamides is 1.